The van der Waals surface area contributed by atoms with Crippen molar-refractivity contribution < 1.29 is 0 Å². The van der Waals surface area contributed by atoms with Crippen molar-refractivity contribution in [3.63, 3.8) is 0 Å². The smallest absolute Gasteiger partial charge is 0.233 e. The minimum absolute atomic E-state index is 0.487. The van der Waals surface area contributed by atoms with Crippen LogP contribution in [0.15, 0.2) is 30.3 Å². The standard InChI is InChI=1S/C20H21N7/c1-3-13-5-7-14(8-6-13)12-21-19-22-17(4-2)23-20(25-19)24-18-11-16(26-27-18)15-9-10-15/h1,5-8,11,15H,4,9-10,12H2,2H3,(H3,21,22,23,24,25,26,27). The van der Waals surface area contributed by atoms with Gasteiger partial charge in [0, 0.05) is 36.2 Å². The van der Waals surface area contributed by atoms with E-state index < -0.39 is 0 Å². The fourth-order valence-corrected chi connectivity index (χ4v) is 2.73. The summed E-state index contributed by atoms with van der Waals surface area (Å²) in [6.07, 6.45) is 8.56. The van der Waals surface area contributed by atoms with Gasteiger partial charge in [0.15, 0.2) is 5.82 Å². The van der Waals surface area contributed by atoms with Gasteiger partial charge in [-0.1, -0.05) is 25.0 Å². The Kier molecular flexibility index (Phi) is 4.71. The number of aryl methyl sites for hydroxylation is 1. The lowest BCUT2D eigenvalue weighted by molar-refractivity contribution is 0.894. The third-order valence-electron chi connectivity index (χ3n) is 4.42. The first-order chi connectivity index (χ1) is 13.2. The highest BCUT2D eigenvalue weighted by atomic mass is 15.3. The number of rotatable bonds is 7. The maximum Gasteiger partial charge on any atom is 0.233 e. The van der Waals surface area contributed by atoms with E-state index in [-0.39, 0.29) is 0 Å². The number of benzene rings is 1. The Bertz CT molecular complexity index is 965. The molecule has 0 amide bonds. The second kappa shape index (κ2) is 7.46. The molecular formula is C20H21N7. The van der Waals surface area contributed by atoms with Crippen LogP contribution in [0.5, 0.6) is 0 Å². The fraction of sp³-hybridized carbons (Fsp3) is 0.300. The molecule has 0 atom stereocenters. The van der Waals surface area contributed by atoms with Crippen molar-refractivity contribution >= 4 is 17.7 Å². The molecule has 1 aliphatic carbocycles. The topological polar surface area (TPSA) is 91.4 Å². The molecule has 0 radical (unpaired) electrons. The molecule has 1 saturated carbocycles. The third-order valence-corrected chi connectivity index (χ3v) is 4.42. The van der Waals surface area contributed by atoms with Crippen molar-refractivity contribution in [2.75, 3.05) is 10.6 Å². The number of nitrogens with one attached hydrogen (secondary N) is 3. The average molecular weight is 359 g/mol. The quantitative estimate of drug-likeness (QED) is 0.560. The van der Waals surface area contributed by atoms with Crippen LogP contribution in [0.3, 0.4) is 0 Å². The summed E-state index contributed by atoms with van der Waals surface area (Å²) in [7, 11) is 0. The lowest BCUT2D eigenvalue weighted by Gasteiger charge is -2.09. The Hall–Kier alpha value is -3.40. The molecule has 1 fully saturated rings. The summed E-state index contributed by atoms with van der Waals surface area (Å²) in [6, 6.07) is 9.85. The third kappa shape index (κ3) is 4.23. The zero-order valence-electron chi connectivity index (χ0n) is 15.2. The molecule has 0 saturated heterocycles. The summed E-state index contributed by atoms with van der Waals surface area (Å²) < 4.78 is 0. The average Bonchev–Trinajstić information content (AvgIpc) is 3.46. The summed E-state index contributed by atoms with van der Waals surface area (Å²) in [5.74, 6) is 5.70. The number of hydrogen-bond acceptors (Lipinski definition) is 6. The van der Waals surface area contributed by atoms with Crippen LogP contribution in [-0.2, 0) is 13.0 Å². The number of aromatic nitrogens is 5. The predicted molar refractivity (Wildman–Crippen MR) is 105 cm³/mol. The minimum atomic E-state index is 0.487. The van der Waals surface area contributed by atoms with Gasteiger partial charge < -0.3 is 10.6 Å². The Balaban J connectivity index is 1.46. The summed E-state index contributed by atoms with van der Waals surface area (Å²) in [6.45, 7) is 2.62. The molecule has 0 aliphatic heterocycles. The molecule has 7 nitrogen and oxygen atoms in total. The highest BCUT2D eigenvalue weighted by Crippen LogP contribution is 2.39. The van der Waals surface area contributed by atoms with Gasteiger partial charge in [0.25, 0.3) is 0 Å². The van der Waals surface area contributed by atoms with Crippen LogP contribution in [0, 0.1) is 12.3 Å². The molecule has 2 heterocycles. The number of hydrogen-bond donors (Lipinski definition) is 3. The molecule has 0 unspecified atom stereocenters. The monoisotopic (exact) mass is 359 g/mol. The van der Waals surface area contributed by atoms with Gasteiger partial charge >= 0.3 is 0 Å². The molecule has 136 valence electrons. The molecule has 0 spiro atoms. The van der Waals surface area contributed by atoms with Crippen LogP contribution in [0.25, 0.3) is 0 Å². The van der Waals surface area contributed by atoms with E-state index in [9.17, 15) is 0 Å². The van der Waals surface area contributed by atoms with Gasteiger partial charge in [-0.2, -0.15) is 20.1 Å². The molecule has 7 heteroatoms. The molecule has 27 heavy (non-hydrogen) atoms. The number of nitrogens with zero attached hydrogens (tertiary/aromatic N) is 4. The largest absolute Gasteiger partial charge is 0.350 e. The van der Waals surface area contributed by atoms with Crippen LogP contribution in [0.4, 0.5) is 17.7 Å². The van der Waals surface area contributed by atoms with Crippen molar-refractivity contribution in [1.82, 2.24) is 25.1 Å². The first-order valence-electron chi connectivity index (χ1n) is 9.10. The number of terminal acetylenes is 1. The SMILES string of the molecule is C#Cc1ccc(CNc2nc(CC)nc(Nc3cc(C4CC4)[nH]n3)n2)cc1. The van der Waals surface area contributed by atoms with Crippen LogP contribution in [0.2, 0.25) is 0 Å². The summed E-state index contributed by atoms with van der Waals surface area (Å²) in [4.78, 5) is 13.4. The first kappa shape index (κ1) is 17.0. The normalized spacial score (nSPS) is 13.2. The molecule has 1 aromatic carbocycles. The lowest BCUT2D eigenvalue weighted by atomic mass is 10.1. The van der Waals surface area contributed by atoms with Crippen LogP contribution < -0.4 is 10.6 Å². The molecule has 1 aliphatic rings. The Labute approximate surface area is 158 Å². The van der Waals surface area contributed by atoms with E-state index in [4.69, 9.17) is 6.42 Å². The summed E-state index contributed by atoms with van der Waals surface area (Å²) >= 11 is 0. The number of aromatic amines is 1. The van der Waals surface area contributed by atoms with Gasteiger partial charge in [0.1, 0.15) is 5.82 Å². The van der Waals surface area contributed by atoms with Crippen LogP contribution >= 0.6 is 0 Å². The fourth-order valence-electron chi connectivity index (χ4n) is 2.73. The highest BCUT2D eigenvalue weighted by Gasteiger charge is 2.25. The Morgan fingerprint density at radius 3 is 2.63 bits per heavy atom. The van der Waals surface area contributed by atoms with E-state index in [0.717, 1.165) is 34.9 Å². The molecule has 3 aromatic rings. The van der Waals surface area contributed by atoms with E-state index in [0.29, 0.717) is 24.4 Å². The van der Waals surface area contributed by atoms with Gasteiger partial charge in [-0.15, -0.1) is 6.42 Å². The second-order valence-electron chi connectivity index (χ2n) is 6.56. The van der Waals surface area contributed by atoms with Crippen LogP contribution in [0.1, 0.15) is 48.3 Å². The van der Waals surface area contributed by atoms with E-state index >= 15 is 0 Å². The highest BCUT2D eigenvalue weighted by molar-refractivity contribution is 5.50. The minimum Gasteiger partial charge on any atom is -0.350 e. The van der Waals surface area contributed by atoms with Crippen molar-refractivity contribution in [3.05, 3.63) is 53.0 Å². The maximum absolute atomic E-state index is 5.39. The first-order valence-corrected chi connectivity index (χ1v) is 9.10. The Morgan fingerprint density at radius 1 is 1.15 bits per heavy atom. The zero-order valence-corrected chi connectivity index (χ0v) is 15.2. The molecule has 2 aromatic heterocycles. The molecule has 3 N–H and O–H groups in total. The van der Waals surface area contributed by atoms with Gasteiger partial charge in [-0.25, -0.2) is 0 Å². The molecular weight excluding hydrogens is 338 g/mol. The molecule has 4 rings (SSSR count). The van der Waals surface area contributed by atoms with E-state index in [1.807, 2.05) is 37.3 Å². The van der Waals surface area contributed by atoms with Crippen LogP contribution in [-0.4, -0.2) is 25.1 Å². The van der Waals surface area contributed by atoms with Crippen molar-refractivity contribution in [3.8, 4) is 12.3 Å². The summed E-state index contributed by atoms with van der Waals surface area (Å²) in [5, 5.41) is 13.8. The van der Waals surface area contributed by atoms with E-state index in [2.05, 4.69) is 41.7 Å². The predicted octanol–water partition coefficient (Wildman–Crippen LogP) is 3.37. The van der Waals surface area contributed by atoms with Crippen molar-refractivity contribution in [2.24, 2.45) is 0 Å². The number of anilines is 3. The van der Waals surface area contributed by atoms with Gasteiger partial charge in [-0.3, -0.25) is 5.10 Å². The van der Waals surface area contributed by atoms with Gasteiger partial charge in [-0.05, 0) is 30.5 Å². The molecule has 0 bridgehead atoms. The van der Waals surface area contributed by atoms with Crippen molar-refractivity contribution in [1.29, 1.82) is 0 Å². The van der Waals surface area contributed by atoms with E-state index in [1.54, 1.807) is 0 Å². The Morgan fingerprint density at radius 2 is 1.93 bits per heavy atom. The second-order valence-corrected chi connectivity index (χ2v) is 6.56. The van der Waals surface area contributed by atoms with E-state index in [1.165, 1.54) is 12.8 Å². The lowest BCUT2D eigenvalue weighted by Crippen LogP contribution is -2.09. The zero-order chi connectivity index (χ0) is 18.6. The maximum atomic E-state index is 5.39. The summed E-state index contributed by atoms with van der Waals surface area (Å²) in [5.41, 5.74) is 3.13. The van der Waals surface area contributed by atoms with Gasteiger partial charge in [0.2, 0.25) is 11.9 Å². The van der Waals surface area contributed by atoms with Crippen molar-refractivity contribution in [2.45, 2.75) is 38.6 Å². The number of H-pyrrole nitrogens is 1. The van der Waals surface area contributed by atoms with Gasteiger partial charge in [0.05, 0.1) is 0 Å².